The van der Waals surface area contributed by atoms with Gasteiger partial charge in [-0.2, -0.15) is 4.98 Å². The summed E-state index contributed by atoms with van der Waals surface area (Å²) in [4.78, 5) is 26.1. The van der Waals surface area contributed by atoms with Crippen molar-refractivity contribution in [3.63, 3.8) is 0 Å². The highest BCUT2D eigenvalue weighted by atomic mass is 16.5. The van der Waals surface area contributed by atoms with E-state index in [1.54, 1.807) is 32.4 Å². The molecule has 1 amide bonds. The minimum atomic E-state index is -0.0765. The molecule has 4 rings (SSSR count). The highest BCUT2D eigenvalue weighted by Crippen LogP contribution is 2.32. The Hall–Kier alpha value is -3.81. The number of hydrogen-bond donors (Lipinski definition) is 0. The van der Waals surface area contributed by atoms with Gasteiger partial charge >= 0.3 is 0 Å². The van der Waals surface area contributed by atoms with E-state index in [9.17, 15) is 4.79 Å². The first-order chi connectivity index (χ1) is 15.6. The molecule has 1 fully saturated rings. The molecule has 0 spiro atoms. The molecule has 8 nitrogen and oxygen atoms in total. The third-order valence-electron chi connectivity index (χ3n) is 5.29. The van der Waals surface area contributed by atoms with E-state index in [2.05, 4.69) is 14.9 Å². The lowest BCUT2D eigenvalue weighted by atomic mass is 10.1. The van der Waals surface area contributed by atoms with Gasteiger partial charge in [-0.05, 0) is 31.2 Å². The van der Waals surface area contributed by atoms with E-state index >= 15 is 0 Å². The second-order valence-corrected chi connectivity index (χ2v) is 7.35. The first-order valence-corrected chi connectivity index (χ1v) is 10.4. The van der Waals surface area contributed by atoms with Crippen molar-refractivity contribution < 1.29 is 19.0 Å². The van der Waals surface area contributed by atoms with Crippen molar-refractivity contribution in [3.05, 3.63) is 66.0 Å². The average molecular weight is 434 g/mol. The van der Waals surface area contributed by atoms with E-state index in [-0.39, 0.29) is 5.91 Å². The number of nitrogens with zero attached hydrogens (tertiary/aromatic N) is 4. The largest absolute Gasteiger partial charge is 0.493 e. The smallest absolute Gasteiger partial charge is 0.257 e. The molecule has 166 valence electrons. The van der Waals surface area contributed by atoms with Crippen molar-refractivity contribution in [1.82, 2.24) is 14.9 Å². The SMILES string of the molecule is COc1cccc(C(=O)N2CCN(c3cc(Oc4ccccc4)nc(C)n3)CC2)c1OC. The lowest BCUT2D eigenvalue weighted by molar-refractivity contribution is 0.0742. The summed E-state index contributed by atoms with van der Waals surface area (Å²) in [5.41, 5.74) is 0.497. The number of amides is 1. The third-order valence-corrected chi connectivity index (χ3v) is 5.29. The van der Waals surface area contributed by atoms with Gasteiger partial charge < -0.3 is 24.0 Å². The van der Waals surface area contributed by atoms with Crippen LogP contribution in [0.5, 0.6) is 23.1 Å². The third kappa shape index (κ3) is 4.59. The Morgan fingerprint density at radius 3 is 2.34 bits per heavy atom. The number of methoxy groups -OCH3 is 2. The van der Waals surface area contributed by atoms with E-state index in [0.29, 0.717) is 54.9 Å². The van der Waals surface area contributed by atoms with E-state index in [0.717, 1.165) is 11.6 Å². The summed E-state index contributed by atoms with van der Waals surface area (Å²) in [5.74, 6) is 3.56. The van der Waals surface area contributed by atoms with Crippen molar-refractivity contribution in [3.8, 4) is 23.1 Å². The summed E-state index contributed by atoms with van der Waals surface area (Å²) in [6, 6.07) is 16.7. The van der Waals surface area contributed by atoms with E-state index < -0.39 is 0 Å². The number of rotatable bonds is 6. The van der Waals surface area contributed by atoms with Gasteiger partial charge in [-0.15, -0.1) is 0 Å². The minimum absolute atomic E-state index is 0.0765. The molecule has 0 N–H and O–H groups in total. The number of aromatic nitrogens is 2. The van der Waals surface area contributed by atoms with Crippen LogP contribution in [0.3, 0.4) is 0 Å². The monoisotopic (exact) mass is 434 g/mol. The zero-order valence-electron chi connectivity index (χ0n) is 18.4. The van der Waals surface area contributed by atoms with Crippen LogP contribution in [0.4, 0.5) is 5.82 Å². The first-order valence-electron chi connectivity index (χ1n) is 10.4. The quantitative estimate of drug-likeness (QED) is 0.587. The van der Waals surface area contributed by atoms with Gasteiger partial charge in [0.2, 0.25) is 5.88 Å². The van der Waals surface area contributed by atoms with Crippen LogP contribution in [0.25, 0.3) is 0 Å². The fourth-order valence-corrected chi connectivity index (χ4v) is 3.71. The summed E-state index contributed by atoms with van der Waals surface area (Å²) in [6.45, 7) is 4.28. The fourth-order valence-electron chi connectivity index (χ4n) is 3.71. The zero-order chi connectivity index (χ0) is 22.5. The van der Waals surface area contributed by atoms with Gasteiger partial charge in [0.05, 0.1) is 19.8 Å². The molecular formula is C24H26N4O4. The molecule has 0 bridgehead atoms. The summed E-state index contributed by atoms with van der Waals surface area (Å²) >= 11 is 0. The van der Waals surface area contributed by atoms with Crippen LogP contribution in [-0.4, -0.2) is 61.2 Å². The maximum atomic E-state index is 13.1. The Morgan fingerprint density at radius 1 is 0.906 bits per heavy atom. The predicted octanol–water partition coefficient (Wildman–Crippen LogP) is 3.56. The second kappa shape index (κ2) is 9.55. The second-order valence-electron chi connectivity index (χ2n) is 7.35. The summed E-state index contributed by atoms with van der Waals surface area (Å²) in [7, 11) is 3.10. The molecule has 1 aliphatic rings. The number of hydrogen-bond acceptors (Lipinski definition) is 7. The Kier molecular flexibility index (Phi) is 6.39. The van der Waals surface area contributed by atoms with Gasteiger partial charge in [-0.3, -0.25) is 4.79 Å². The molecule has 0 atom stereocenters. The number of ether oxygens (including phenoxy) is 3. The minimum Gasteiger partial charge on any atom is -0.493 e. The van der Waals surface area contributed by atoms with Gasteiger partial charge in [0.1, 0.15) is 17.4 Å². The van der Waals surface area contributed by atoms with Crippen molar-refractivity contribution in [2.24, 2.45) is 0 Å². The average Bonchev–Trinajstić information content (AvgIpc) is 2.83. The van der Waals surface area contributed by atoms with Crippen molar-refractivity contribution >= 4 is 11.7 Å². The van der Waals surface area contributed by atoms with Crippen LogP contribution < -0.4 is 19.1 Å². The standard InChI is InChI=1S/C24H26N4O4/c1-17-25-21(16-22(26-17)32-18-8-5-4-6-9-18)27-12-14-28(15-13-27)24(29)19-10-7-11-20(30-2)23(19)31-3/h4-11,16H,12-15H2,1-3H3. The number of carbonyl (C=O) groups is 1. The summed E-state index contributed by atoms with van der Waals surface area (Å²) < 4.78 is 16.6. The normalized spacial score (nSPS) is 13.6. The summed E-state index contributed by atoms with van der Waals surface area (Å²) in [6.07, 6.45) is 0. The highest BCUT2D eigenvalue weighted by molar-refractivity contribution is 5.98. The van der Waals surface area contributed by atoms with Crippen LogP contribution in [0, 0.1) is 6.92 Å². The zero-order valence-corrected chi connectivity index (χ0v) is 18.4. The molecule has 0 unspecified atom stereocenters. The Balaban J connectivity index is 1.46. The van der Waals surface area contributed by atoms with Crippen LogP contribution in [0.15, 0.2) is 54.6 Å². The van der Waals surface area contributed by atoms with Gasteiger partial charge in [-0.25, -0.2) is 4.98 Å². The highest BCUT2D eigenvalue weighted by Gasteiger charge is 2.26. The van der Waals surface area contributed by atoms with Gasteiger partial charge in [0.25, 0.3) is 5.91 Å². The Bertz CT molecular complexity index is 1080. The fraction of sp³-hybridized carbons (Fsp3) is 0.292. The van der Waals surface area contributed by atoms with E-state index in [1.807, 2.05) is 48.2 Å². The van der Waals surface area contributed by atoms with E-state index in [4.69, 9.17) is 14.2 Å². The maximum Gasteiger partial charge on any atom is 0.257 e. The number of benzene rings is 2. The van der Waals surface area contributed by atoms with Gasteiger partial charge in [-0.1, -0.05) is 24.3 Å². The topological polar surface area (TPSA) is 77.0 Å². The molecule has 1 aromatic heterocycles. The lowest BCUT2D eigenvalue weighted by Gasteiger charge is -2.35. The van der Waals surface area contributed by atoms with Gasteiger partial charge in [0, 0.05) is 32.2 Å². The number of piperazine rings is 1. The molecule has 3 aromatic rings. The number of para-hydroxylation sites is 2. The van der Waals surface area contributed by atoms with Crippen LogP contribution >= 0.6 is 0 Å². The van der Waals surface area contributed by atoms with Crippen LogP contribution in [-0.2, 0) is 0 Å². The van der Waals surface area contributed by atoms with Crippen molar-refractivity contribution in [1.29, 1.82) is 0 Å². The summed E-state index contributed by atoms with van der Waals surface area (Å²) in [5, 5.41) is 0. The number of carbonyl (C=O) groups excluding carboxylic acids is 1. The molecule has 32 heavy (non-hydrogen) atoms. The Morgan fingerprint density at radius 2 is 1.66 bits per heavy atom. The number of anilines is 1. The molecule has 8 heteroatoms. The molecular weight excluding hydrogens is 408 g/mol. The molecule has 0 radical (unpaired) electrons. The molecule has 2 heterocycles. The van der Waals surface area contributed by atoms with Crippen molar-refractivity contribution in [2.75, 3.05) is 45.3 Å². The molecule has 2 aromatic carbocycles. The first kappa shape index (κ1) is 21.4. The van der Waals surface area contributed by atoms with Crippen LogP contribution in [0.2, 0.25) is 0 Å². The van der Waals surface area contributed by atoms with Crippen molar-refractivity contribution in [2.45, 2.75) is 6.92 Å². The van der Waals surface area contributed by atoms with Gasteiger partial charge in [0.15, 0.2) is 11.5 Å². The Labute approximate surface area is 187 Å². The molecule has 0 saturated carbocycles. The lowest BCUT2D eigenvalue weighted by Crippen LogP contribution is -2.49. The van der Waals surface area contributed by atoms with E-state index in [1.165, 1.54) is 0 Å². The molecule has 0 aliphatic carbocycles. The van der Waals surface area contributed by atoms with Crippen LogP contribution in [0.1, 0.15) is 16.2 Å². The molecule has 1 aliphatic heterocycles. The predicted molar refractivity (Wildman–Crippen MR) is 121 cm³/mol. The number of aryl methyl sites for hydroxylation is 1. The molecule has 1 saturated heterocycles. The maximum absolute atomic E-state index is 13.1.